The Balaban J connectivity index is 4.05. The first-order valence-corrected chi connectivity index (χ1v) is 5.66. The van der Waals surface area contributed by atoms with Crippen molar-refractivity contribution in [2.45, 2.75) is 6.92 Å². The number of nitrogens with two attached hydrogens (primary N) is 1. The summed E-state index contributed by atoms with van der Waals surface area (Å²) in [5.74, 6) is -1.84. The molecule has 0 rings (SSSR count). The van der Waals surface area contributed by atoms with Crippen LogP contribution in [0.3, 0.4) is 0 Å². The maximum atomic E-state index is 11.1. The van der Waals surface area contributed by atoms with E-state index >= 15 is 0 Å². The molecule has 0 bridgehead atoms. The average molecular weight is 195 g/mol. The maximum absolute atomic E-state index is 11.1. The zero-order chi connectivity index (χ0) is 9.78. The third kappa shape index (κ3) is 4.49. The summed E-state index contributed by atoms with van der Waals surface area (Å²) in [6.45, 7) is 1.52. The molecule has 2 unspecified atom stereocenters. The Morgan fingerprint density at radius 1 is 1.67 bits per heavy atom. The van der Waals surface area contributed by atoms with Gasteiger partial charge >= 0.3 is 5.97 Å². The van der Waals surface area contributed by atoms with Crippen LogP contribution in [0, 0.1) is 5.92 Å². The van der Waals surface area contributed by atoms with Crippen molar-refractivity contribution in [2.24, 2.45) is 11.7 Å². The van der Waals surface area contributed by atoms with Crippen LogP contribution in [-0.4, -0.2) is 34.8 Å². The van der Waals surface area contributed by atoms with Gasteiger partial charge < -0.3 is 15.7 Å². The van der Waals surface area contributed by atoms with Gasteiger partial charge in [0, 0.05) is 18.9 Å². The Kier molecular flexibility index (Phi) is 4.45. The molecule has 72 valence electrons. The highest BCUT2D eigenvalue weighted by Gasteiger charge is 2.24. The molecule has 0 aromatic carbocycles. The smallest absolute Gasteiger partial charge is 0.306 e. The highest BCUT2D eigenvalue weighted by molar-refractivity contribution is 7.58. The lowest BCUT2D eigenvalue weighted by Gasteiger charge is -2.12. The van der Waals surface area contributed by atoms with Crippen LogP contribution < -0.4 is 5.73 Å². The molecule has 0 radical (unpaired) electrons. The molecule has 0 saturated carbocycles. The van der Waals surface area contributed by atoms with Gasteiger partial charge in [-0.2, -0.15) is 0 Å². The molecule has 6 heteroatoms. The van der Waals surface area contributed by atoms with E-state index in [1.54, 1.807) is 0 Å². The van der Waals surface area contributed by atoms with Crippen LogP contribution in [0.5, 0.6) is 0 Å². The van der Waals surface area contributed by atoms with Gasteiger partial charge in [0.25, 0.3) is 0 Å². The van der Waals surface area contributed by atoms with Crippen molar-refractivity contribution in [1.82, 2.24) is 0 Å². The van der Waals surface area contributed by atoms with Crippen molar-refractivity contribution in [3.63, 3.8) is 0 Å². The molecule has 5 nitrogen and oxygen atoms in total. The lowest BCUT2D eigenvalue weighted by molar-refractivity contribution is -0.140. The van der Waals surface area contributed by atoms with E-state index in [-0.39, 0.29) is 18.9 Å². The van der Waals surface area contributed by atoms with Crippen molar-refractivity contribution in [1.29, 1.82) is 0 Å². The predicted molar refractivity (Wildman–Crippen MR) is 45.4 cm³/mol. The molecule has 0 saturated heterocycles. The van der Waals surface area contributed by atoms with Gasteiger partial charge in [-0.25, -0.2) is 0 Å². The van der Waals surface area contributed by atoms with Crippen LogP contribution in [0.2, 0.25) is 0 Å². The number of carbonyl (C=O) groups is 1. The predicted octanol–water partition coefficient (Wildman–Crippen LogP) is -0.0638. The number of carboxylic acids is 1. The normalized spacial score (nSPS) is 18.2. The summed E-state index contributed by atoms with van der Waals surface area (Å²) in [5.41, 5.74) is 5.09. The molecule has 0 aromatic heterocycles. The minimum absolute atomic E-state index is 0.00931. The summed E-state index contributed by atoms with van der Waals surface area (Å²) in [6, 6.07) is 0. The van der Waals surface area contributed by atoms with Crippen molar-refractivity contribution in [2.75, 3.05) is 18.9 Å². The van der Waals surface area contributed by atoms with Crippen molar-refractivity contribution in [3.8, 4) is 0 Å². The van der Waals surface area contributed by atoms with Crippen LogP contribution in [0.25, 0.3) is 0 Å². The van der Waals surface area contributed by atoms with Gasteiger partial charge in [0.1, 0.15) is 0 Å². The van der Waals surface area contributed by atoms with Crippen LogP contribution in [0.4, 0.5) is 0 Å². The summed E-state index contributed by atoms with van der Waals surface area (Å²) in [6.07, 6.45) is -0.204. The fourth-order valence-electron chi connectivity index (χ4n) is 0.799. The van der Waals surface area contributed by atoms with E-state index in [9.17, 15) is 9.36 Å². The monoisotopic (exact) mass is 195 g/mol. The molecule has 4 N–H and O–H groups in total. The summed E-state index contributed by atoms with van der Waals surface area (Å²) in [7, 11) is -3.31. The van der Waals surface area contributed by atoms with Crippen molar-refractivity contribution in [3.05, 3.63) is 0 Å². The quantitative estimate of drug-likeness (QED) is 0.533. The average Bonchev–Trinajstić information content (AvgIpc) is 1.85. The van der Waals surface area contributed by atoms with Crippen LogP contribution in [0.1, 0.15) is 6.92 Å². The lowest BCUT2D eigenvalue weighted by Crippen LogP contribution is -2.17. The second kappa shape index (κ2) is 4.60. The maximum Gasteiger partial charge on any atom is 0.306 e. The third-order valence-corrected chi connectivity index (χ3v) is 3.53. The Bertz CT molecular complexity index is 206. The van der Waals surface area contributed by atoms with Crippen LogP contribution >= 0.6 is 7.37 Å². The van der Waals surface area contributed by atoms with E-state index < -0.39 is 19.3 Å². The molecule has 0 aliphatic carbocycles. The Morgan fingerprint density at radius 3 is 2.50 bits per heavy atom. The van der Waals surface area contributed by atoms with Gasteiger partial charge in [0.15, 0.2) is 0 Å². The van der Waals surface area contributed by atoms with E-state index in [0.717, 1.165) is 0 Å². The summed E-state index contributed by atoms with van der Waals surface area (Å²) in [5, 5.41) is 8.45. The first-order chi connectivity index (χ1) is 5.39. The topological polar surface area (TPSA) is 101 Å². The second-order valence-electron chi connectivity index (χ2n) is 2.78. The van der Waals surface area contributed by atoms with Gasteiger partial charge in [-0.3, -0.25) is 9.36 Å². The number of carboxylic acid groups (broad SMARTS) is 1. The number of hydrogen-bond donors (Lipinski definition) is 3. The molecular weight excluding hydrogens is 181 g/mol. The van der Waals surface area contributed by atoms with Crippen LogP contribution in [0.15, 0.2) is 0 Å². The summed E-state index contributed by atoms with van der Waals surface area (Å²) in [4.78, 5) is 19.5. The molecule has 0 aromatic rings. The molecule has 0 aliphatic heterocycles. The van der Waals surface area contributed by atoms with E-state index in [4.69, 9.17) is 15.7 Å². The molecule has 0 fully saturated rings. The van der Waals surface area contributed by atoms with E-state index in [1.807, 2.05) is 0 Å². The van der Waals surface area contributed by atoms with Crippen molar-refractivity contribution >= 4 is 13.3 Å². The first kappa shape index (κ1) is 11.6. The molecule has 2 atom stereocenters. The number of hydrogen-bond acceptors (Lipinski definition) is 3. The lowest BCUT2D eigenvalue weighted by atomic mass is 10.2. The van der Waals surface area contributed by atoms with Crippen LogP contribution in [-0.2, 0) is 9.36 Å². The molecule has 0 spiro atoms. The molecule has 0 amide bonds. The SMILES string of the molecule is CC(CP(=O)(O)CCN)C(=O)O. The van der Waals surface area contributed by atoms with Gasteiger partial charge in [-0.05, 0) is 0 Å². The number of aliphatic carboxylic acids is 1. The fourth-order valence-corrected chi connectivity index (χ4v) is 2.40. The minimum atomic E-state index is -3.31. The second-order valence-corrected chi connectivity index (χ2v) is 5.29. The van der Waals surface area contributed by atoms with Gasteiger partial charge in [0.2, 0.25) is 7.37 Å². The zero-order valence-electron chi connectivity index (χ0n) is 6.93. The zero-order valence-corrected chi connectivity index (χ0v) is 7.83. The summed E-state index contributed by atoms with van der Waals surface area (Å²) < 4.78 is 11.1. The Hall–Kier alpha value is -0.380. The van der Waals surface area contributed by atoms with Crippen molar-refractivity contribution < 1.29 is 19.4 Å². The Morgan fingerprint density at radius 2 is 2.17 bits per heavy atom. The number of rotatable bonds is 5. The fraction of sp³-hybridized carbons (Fsp3) is 0.833. The van der Waals surface area contributed by atoms with Gasteiger partial charge in [-0.1, -0.05) is 6.92 Å². The third-order valence-electron chi connectivity index (χ3n) is 1.46. The van der Waals surface area contributed by atoms with E-state index in [0.29, 0.717) is 0 Å². The minimum Gasteiger partial charge on any atom is -0.481 e. The largest absolute Gasteiger partial charge is 0.481 e. The highest BCUT2D eigenvalue weighted by atomic mass is 31.2. The highest BCUT2D eigenvalue weighted by Crippen LogP contribution is 2.41. The van der Waals surface area contributed by atoms with E-state index in [2.05, 4.69) is 0 Å². The molecule has 0 aliphatic rings. The molecule has 0 heterocycles. The Labute approximate surface area is 71.0 Å². The molecular formula is C6H14NO4P. The summed E-state index contributed by atoms with van der Waals surface area (Å²) >= 11 is 0. The molecule has 12 heavy (non-hydrogen) atoms. The van der Waals surface area contributed by atoms with Gasteiger partial charge in [0.05, 0.1) is 5.92 Å². The standard InChI is InChI=1S/C6H14NO4P/c1-5(6(8)9)4-12(10,11)3-2-7/h5H,2-4,7H2,1H3,(H,8,9)(H,10,11). The van der Waals surface area contributed by atoms with Gasteiger partial charge in [-0.15, -0.1) is 0 Å². The van der Waals surface area contributed by atoms with E-state index in [1.165, 1.54) is 6.92 Å². The first-order valence-electron chi connectivity index (χ1n) is 3.63.